The van der Waals surface area contributed by atoms with Crippen molar-refractivity contribution in [1.82, 2.24) is 0 Å². The van der Waals surface area contributed by atoms with Crippen LogP contribution in [0.5, 0.6) is 11.5 Å². The highest BCUT2D eigenvalue weighted by molar-refractivity contribution is 5.54. The van der Waals surface area contributed by atoms with Gasteiger partial charge in [0.05, 0.1) is 11.3 Å². The summed E-state index contributed by atoms with van der Waals surface area (Å²) in [5.41, 5.74) is 5.42. The van der Waals surface area contributed by atoms with Crippen LogP contribution < -0.4 is 10.5 Å². The van der Waals surface area contributed by atoms with E-state index in [0.717, 1.165) is 17.7 Å². The monoisotopic (exact) mass is 283 g/mol. The summed E-state index contributed by atoms with van der Waals surface area (Å²) >= 11 is 0. The summed E-state index contributed by atoms with van der Waals surface area (Å²) in [4.78, 5) is 0. The molecule has 6 heteroatoms. The van der Waals surface area contributed by atoms with Gasteiger partial charge in [-0.25, -0.2) is 0 Å². The molecule has 0 atom stereocenters. The van der Waals surface area contributed by atoms with E-state index in [4.69, 9.17) is 15.6 Å². The molecule has 0 aromatic heterocycles. The molecule has 0 heterocycles. The number of nitrogen functional groups attached to an aromatic ring is 1. The first kappa shape index (κ1) is 14.0. The number of phenols is 1. The topological polar surface area (TPSA) is 55.5 Å². The van der Waals surface area contributed by atoms with Gasteiger partial charge in [0.15, 0.2) is 0 Å². The zero-order valence-corrected chi connectivity index (χ0v) is 10.3. The minimum Gasteiger partial charge on any atom is -0.508 e. The molecule has 3 nitrogen and oxygen atoms in total. The highest BCUT2D eigenvalue weighted by Crippen LogP contribution is 2.33. The van der Waals surface area contributed by atoms with E-state index >= 15 is 0 Å². The lowest BCUT2D eigenvalue weighted by Gasteiger charge is -2.12. The van der Waals surface area contributed by atoms with Crippen molar-refractivity contribution in [1.29, 1.82) is 0 Å². The summed E-state index contributed by atoms with van der Waals surface area (Å²) in [5, 5.41) is 9.13. The lowest BCUT2D eigenvalue weighted by Crippen LogP contribution is -2.06. The van der Waals surface area contributed by atoms with E-state index in [0.29, 0.717) is 0 Å². The summed E-state index contributed by atoms with van der Waals surface area (Å²) in [6, 6.07) is 9.24. The molecule has 0 spiro atoms. The Balaban J connectivity index is 2.08. The number of aromatic hydroxyl groups is 1. The lowest BCUT2D eigenvalue weighted by molar-refractivity contribution is -0.137. The highest BCUT2D eigenvalue weighted by atomic mass is 19.4. The van der Waals surface area contributed by atoms with Crippen LogP contribution in [0.2, 0.25) is 0 Å². The van der Waals surface area contributed by atoms with Crippen molar-refractivity contribution in [2.24, 2.45) is 0 Å². The van der Waals surface area contributed by atoms with Crippen molar-refractivity contribution in [3.63, 3.8) is 0 Å². The molecule has 0 aliphatic heterocycles. The zero-order chi connectivity index (χ0) is 14.8. The lowest BCUT2D eigenvalue weighted by atomic mass is 10.2. The molecule has 0 aliphatic carbocycles. The Morgan fingerprint density at radius 3 is 2.25 bits per heavy atom. The van der Waals surface area contributed by atoms with Crippen LogP contribution in [-0.2, 0) is 12.8 Å². The van der Waals surface area contributed by atoms with Crippen LogP contribution in [0.15, 0.2) is 42.5 Å². The Morgan fingerprint density at radius 2 is 1.70 bits per heavy atom. The Labute approximate surface area is 113 Å². The van der Waals surface area contributed by atoms with Gasteiger partial charge in [0.2, 0.25) is 0 Å². The van der Waals surface area contributed by atoms with Gasteiger partial charge in [0, 0.05) is 0 Å². The molecule has 0 radical (unpaired) electrons. The van der Waals surface area contributed by atoms with Gasteiger partial charge in [-0.05, 0) is 35.9 Å². The first-order valence-corrected chi connectivity index (χ1v) is 5.73. The fourth-order valence-electron chi connectivity index (χ4n) is 1.61. The van der Waals surface area contributed by atoms with Crippen LogP contribution >= 0.6 is 0 Å². The maximum atomic E-state index is 12.5. The number of alkyl halides is 3. The van der Waals surface area contributed by atoms with Gasteiger partial charge in [-0.1, -0.05) is 12.1 Å². The molecular weight excluding hydrogens is 271 g/mol. The Morgan fingerprint density at radius 1 is 1.05 bits per heavy atom. The van der Waals surface area contributed by atoms with Gasteiger partial charge in [0.1, 0.15) is 18.1 Å². The number of rotatable bonds is 3. The molecular formula is C14H12F3NO2. The van der Waals surface area contributed by atoms with Gasteiger partial charge in [-0.3, -0.25) is 0 Å². The number of halogens is 3. The van der Waals surface area contributed by atoms with E-state index < -0.39 is 11.7 Å². The van der Waals surface area contributed by atoms with Crippen LogP contribution in [0.25, 0.3) is 0 Å². The predicted molar refractivity (Wildman–Crippen MR) is 68.3 cm³/mol. The first-order valence-electron chi connectivity index (χ1n) is 5.73. The average Bonchev–Trinajstić information content (AvgIpc) is 2.38. The summed E-state index contributed by atoms with van der Waals surface area (Å²) < 4.78 is 42.8. The van der Waals surface area contributed by atoms with E-state index in [9.17, 15) is 13.2 Å². The normalized spacial score (nSPS) is 11.3. The third-order valence-corrected chi connectivity index (χ3v) is 2.67. The molecule has 20 heavy (non-hydrogen) atoms. The number of anilines is 1. The van der Waals surface area contributed by atoms with Gasteiger partial charge in [-0.2, -0.15) is 13.2 Å². The largest absolute Gasteiger partial charge is 0.508 e. The van der Waals surface area contributed by atoms with Crippen molar-refractivity contribution in [2.45, 2.75) is 12.8 Å². The van der Waals surface area contributed by atoms with Crippen LogP contribution in [0, 0.1) is 0 Å². The average molecular weight is 283 g/mol. The maximum Gasteiger partial charge on any atom is 0.416 e. The Kier molecular flexibility index (Phi) is 3.74. The standard InChI is InChI=1S/C14H12F3NO2/c15-14(16,17)10-3-6-13(12(18)7-10)20-8-9-1-4-11(19)5-2-9/h1-7,19H,8,18H2. The van der Waals surface area contributed by atoms with E-state index in [1.165, 1.54) is 18.2 Å². The van der Waals surface area contributed by atoms with Gasteiger partial charge in [-0.15, -0.1) is 0 Å². The van der Waals surface area contributed by atoms with Crippen LogP contribution in [0.4, 0.5) is 18.9 Å². The van der Waals surface area contributed by atoms with Crippen LogP contribution in [0.1, 0.15) is 11.1 Å². The SMILES string of the molecule is Nc1cc(C(F)(F)F)ccc1OCc1ccc(O)cc1. The fraction of sp³-hybridized carbons (Fsp3) is 0.143. The molecule has 0 unspecified atom stereocenters. The summed E-state index contributed by atoms with van der Waals surface area (Å²) in [6.45, 7) is 0.149. The number of phenolic OH excluding ortho intramolecular Hbond substituents is 1. The van der Waals surface area contributed by atoms with Crippen LogP contribution in [-0.4, -0.2) is 5.11 Å². The maximum absolute atomic E-state index is 12.5. The van der Waals surface area contributed by atoms with Crippen molar-refractivity contribution < 1.29 is 23.0 Å². The smallest absolute Gasteiger partial charge is 0.416 e. The highest BCUT2D eigenvalue weighted by Gasteiger charge is 2.30. The third kappa shape index (κ3) is 3.34. The van der Waals surface area contributed by atoms with Gasteiger partial charge < -0.3 is 15.6 Å². The molecule has 2 aromatic rings. The summed E-state index contributed by atoms with van der Waals surface area (Å²) in [7, 11) is 0. The van der Waals surface area contributed by atoms with Gasteiger partial charge >= 0.3 is 6.18 Å². The predicted octanol–water partition coefficient (Wildman–Crippen LogP) is 3.57. The Hall–Kier alpha value is -2.37. The fourth-order valence-corrected chi connectivity index (χ4v) is 1.61. The minimum atomic E-state index is -4.43. The second-order valence-electron chi connectivity index (χ2n) is 4.21. The van der Waals surface area contributed by atoms with Crippen LogP contribution in [0.3, 0.4) is 0 Å². The molecule has 106 valence electrons. The molecule has 3 N–H and O–H groups in total. The minimum absolute atomic E-state index is 0.0707. The molecule has 0 fully saturated rings. The number of hydrogen-bond acceptors (Lipinski definition) is 3. The summed E-state index contributed by atoms with van der Waals surface area (Å²) in [5.74, 6) is 0.314. The zero-order valence-electron chi connectivity index (χ0n) is 10.3. The van der Waals surface area contributed by atoms with E-state index in [-0.39, 0.29) is 23.8 Å². The second-order valence-corrected chi connectivity index (χ2v) is 4.21. The number of benzene rings is 2. The summed E-state index contributed by atoms with van der Waals surface area (Å²) in [6.07, 6.45) is -4.43. The molecule has 2 aromatic carbocycles. The Bertz CT molecular complexity index is 594. The van der Waals surface area contributed by atoms with E-state index in [1.54, 1.807) is 12.1 Å². The number of ether oxygens (including phenoxy) is 1. The van der Waals surface area contributed by atoms with E-state index in [1.807, 2.05) is 0 Å². The quantitative estimate of drug-likeness (QED) is 0.847. The molecule has 0 amide bonds. The molecule has 0 saturated heterocycles. The van der Waals surface area contributed by atoms with Crippen molar-refractivity contribution in [3.05, 3.63) is 53.6 Å². The molecule has 0 aliphatic rings. The molecule has 0 bridgehead atoms. The first-order chi connectivity index (χ1) is 9.36. The molecule has 0 saturated carbocycles. The van der Waals surface area contributed by atoms with Crippen molar-refractivity contribution >= 4 is 5.69 Å². The van der Waals surface area contributed by atoms with Crippen molar-refractivity contribution in [2.75, 3.05) is 5.73 Å². The number of nitrogens with two attached hydrogens (primary N) is 1. The van der Waals surface area contributed by atoms with E-state index in [2.05, 4.69) is 0 Å². The second kappa shape index (κ2) is 5.32. The third-order valence-electron chi connectivity index (χ3n) is 2.67. The molecule has 2 rings (SSSR count). The van der Waals surface area contributed by atoms with Gasteiger partial charge in [0.25, 0.3) is 0 Å². The van der Waals surface area contributed by atoms with Crippen molar-refractivity contribution in [3.8, 4) is 11.5 Å². The number of hydrogen-bond donors (Lipinski definition) is 2.